The summed E-state index contributed by atoms with van der Waals surface area (Å²) in [5.41, 5.74) is 8.34. The summed E-state index contributed by atoms with van der Waals surface area (Å²) < 4.78 is 42.4. The molecule has 0 aliphatic carbocycles. The minimum absolute atomic E-state index is 0.113. The van der Waals surface area contributed by atoms with Crippen molar-refractivity contribution in [3.63, 3.8) is 0 Å². The number of hydrogen-bond acceptors (Lipinski definition) is 2. The van der Waals surface area contributed by atoms with E-state index >= 15 is 0 Å². The summed E-state index contributed by atoms with van der Waals surface area (Å²) >= 11 is 3.48. The number of halogens is 4. The van der Waals surface area contributed by atoms with E-state index < -0.39 is 11.7 Å². The van der Waals surface area contributed by atoms with Gasteiger partial charge >= 0.3 is 6.18 Å². The molecule has 3 rings (SSSR count). The van der Waals surface area contributed by atoms with Crippen LogP contribution in [0, 0.1) is 6.92 Å². The minimum atomic E-state index is -4.37. The lowest BCUT2D eigenvalue weighted by Crippen LogP contribution is -2.12. The van der Waals surface area contributed by atoms with Gasteiger partial charge in [-0.25, -0.2) is 4.98 Å². The Morgan fingerprint density at radius 2 is 1.92 bits per heavy atom. The van der Waals surface area contributed by atoms with Crippen LogP contribution >= 0.6 is 15.9 Å². The number of nitrogens with zero attached hydrogens (tertiary/aromatic N) is 2. The Labute approximate surface area is 158 Å². The van der Waals surface area contributed by atoms with Crippen LogP contribution in [0.25, 0.3) is 11.0 Å². The van der Waals surface area contributed by atoms with Gasteiger partial charge in [0.15, 0.2) is 0 Å². The third-order valence-electron chi connectivity index (χ3n) is 4.46. The highest BCUT2D eigenvalue weighted by atomic mass is 79.9. The third-order valence-corrected chi connectivity index (χ3v) is 5.06. The summed E-state index contributed by atoms with van der Waals surface area (Å²) in [6.45, 7) is 5.83. The average molecular weight is 426 g/mol. The summed E-state index contributed by atoms with van der Waals surface area (Å²) in [5.74, 6) is 0.921. The zero-order chi connectivity index (χ0) is 19.2. The van der Waals surface area contributed by atoms with Crippen molar-refractivity contribution in [3.8, 4) is 0 Å². The summed E-state index contributed by atoms with van der Waals surface area (Å²) in [6.07, 6.45) is -4.37. The lowest BCUT2D eigenvalue weighted by molar-refractivity contribution is -0.138. The molecule has 7 heteroatoms. The molecule has 0 aliphatic heterocycles. The van der Waals surface area contributed by atoms with E-state index in [1.807, 2.05) is 24.5 Å². The van der Waals surface area contributed by atoms with E-state index in [9.17, 15) is 13.2 Å². The van der Waals surface area contributed by atoms with Gasteiger partial charge in [-0.15, -0.1) is 0 Å². The van der Waals surface area contributed by atoms with Crippen molar-refractivity contribution < 1.29 is 13.2 Å². The van der Waals surface area contributed by atoms with E-state index in [4.69, 9.17) is 5.73 Å². The summed E-state index contributed by atoms with van der Waals surface area (Å²) in [4.78, 5) is 4.69. The standard InChI is InChI=1S/C19H19BrF3N3/c1-10(2)18-25-17-15(20)7-13(24)8-16(17)26(18)9-12-5-4-6-14(11(12)3)19(21,22)23/h4-8,10H,9,24H2,1-3H3. The molecule has 3 aromatic rings. The van der Waals surface area contributed by atoms with Crippen molar-refractivity contribution in [1.29, 1.82) is 0 Å². The van der Waals surface area contributed by atoms with Crippen molar-refractivity contribution in [2.45, 2.75) is 39.4 Å². The Bertz CT molecular complexity index is 974. The number of rotatable bonds is 3. The molecule has 0 amide bonds. The van der Waals surface area contributed by atoms with E-state index in [1.54, 1.807) is 12.1 Å². The molecule has 2 aromatic carbocycles. The van der Waals surface area contributed by atoms with E-state index in [0.717, 1.165) is 27.4 Å². The Morgan fingerprint density at radius 1 is 1.23 bits per heavy atom. The second-order valence-corrected chi connectivity index (χ2v) is 7.52. The smallest absolute Gasteiger partial charge is 0.399 e. The van der Waals surface area contributed by atoms with Crippen LogP contribution in [0.4, 0.5) is 18.9 Å². The fraction of sp³-hybridized carbons (Fsp3) is 0.316. The molecule has 0 radical (unpaired) electrons. The molecule has 0 aliphatic rings. The molecule has 1 heterocycles. The number of hydrogen-bond donors (Lipinski definition) is 1. The van der Waals surface area contributed by atoms with E-state index in [0.29, 0.717) is 17.8 Å². The monoisotopic (exact) mass is 425 g/mol. The highest BCUT2D eigenvalue weighted by Crippen LogP contribution is 2.35. The predicted octanol–water partition coefficient (Wildman–Crippen LogP) is 5.88. The molecule has 0 bridgehead atoms. The van der Waals surface area contributed by atoms with Gasteiger partial charge in [0.2, 0.25) is 0 Å². The number of fused-ring (bicyclic) bond motifs is 1. The number of alkyl halides is 3. The molecule has 0 unspecified atom stereocenters. The topological polar surface area (TPSA) is 43.8 Å². The van der Waals surface area contributed by atoms with E-state index in [1.165, 1.54) is 13.0 Å². The normalized spacial score (nSPS) is 12.3. The average Bonchev–Trinajstić information content (AvgIpc) is 2.87. The number of benzene rings is 2. The van der Waals surface area contributed by atoms with Gasteiger partial charge in [0.1, 0.15) is 11.3 Å². The molecule has 26 heavy (non-hydrogen) atoms. The van der Waals surface area contributed by atoms with Gasteiger partial charge in [0.05, 0.1) is 11.1 Å². The lowest BCUT2D eigenvalue weighted by atomic mass is 10.0. The Kier molecular flexibility index (Phi) is 4.77. The van der Waals surface area contributed by atoms with Crippen LogP contribution in [0.15, 0.2) is 34.8 Å². The van der Waals surface area contributed by atoms with Crippen LogP contribution in [-0.4, -0.2) is 9.55 Å². The first kappa shape index (κ1) is 18.8. The molecule has 2 N–H and O–H groups in total. The van der Waals surface area contributed by atoms with Crippen molar-refractivity contribution in [1.82, 2.24) is 9.55 Å². The Balaban J connectivity index is 2.19. The molecule has 0 fully saturated rings. The first-order valence-electron chi connectivity index (χ1n) is 8.20. The van der Waals surface area contributed by atoms with Crippen molar-refractivity contribution in [2.75, 3.05) is 5.73 Å². The maximum atomic E-state index is 13.2. The molecule has 0 spiro atoms. The van der Waals surface area contributed by atoms with Crippen LogP contribution in [-0.2, 0) is 12.7 Å². The van der Waals surface area contributed by atoms with Gasteiger partial charge in [-0.1, -0.05) is 26.0 Å². The van der Waals surface area contributed by atoms with Crippen molar-refractivity contribution >= 4 is 32.7 Å². The zero-order valence-corrected chi connectivity index (χ0v) is 16.2. The highest BCUT2D eigenvalue weighted by molar-refractivity contribution is 9.10. The van der Waals surface area contributed by atoms with Gasteiger partial charge in [-0.05, 0) is 52.2 Å². The quantitative estimate of drug-likeness (QED) is 0.532. The Hall–Kier alpha value is -2.02. The Morgan fingerprint density at radius 3 is 2.54 bits per heavy atom. The van der Waals surface area contributed by atoms with Gasteiger partial charge in [-0.2, -0.15) is 13.2 Å². The maximum absolute atomic E-state index is 13.2. The first-order valence-corrected chi connectivity index (χ1v) is 8.99. The van der Waals surface area contributed by atoms with E-state index in [-0.39, 0.29) is 11.5 Å². The fourth-order valence-electron chi connectivity index (χ4n) is 3.16. The number of aromatic nitrogens is 2. The lowest BCUT2D eigenvalue weighted by Gasteiger charge is -2.17. The van der Waals surface area contributed by atoms with Gasteiger partial charge in [0.25, 0.3) is 0 Å². The van der Waals surface area contributed by atoms with Crippen molar-refractivity contribution in [2.24, 2.45) is 0 Å². The van der Waals surface area contributed by atoms with Crippen LogP contribution < -0.4 is 5.73 Å². The number of nitrogens with two attached hydrogens (primary N) is 1. The number of nitrogen functional groups attached to an aromatic ring is 1. The first-order chi connectivity index (χ1) is 12.1. The SMILES string of the molecule is Cc1c(Cn2c(C(C)C)nc3c(Br)cc(N)cc32)cccc1C(F)(F)F. The largest absolute Gasteiger partial charge is 0.416 e. The summed E-state index contributed by atoms with van der Waals surface area (Å²) in [6, 6.07) is 7.87. The van der Waals surface area contributed by atoms with Crippen LogP contribution in [0.3, 0.4) is 0 Å². The molecule has 1 aromatic heterocycles. The molecule has 3 nitrogen and oxygen atoms in total. The van der Waals surface area contributed by atoms with Crippen molar-refractivity contribution in [3.05, 3.63) is 57.3 Å². The number of imidazole rings is 1. The molecular formula is C19H19BrF3N3. The molecular weight excluding hydrogens is 407 g/mol. The third kappa shape index (κ3) is 3.32. The summed E-state index contributed by atoms with van der Waals surface area (Å²) in [5, 5.41) is 0. The maximum Gasteiger partial charge on any atom is 0.416 e. The van der Waals surface area contributed by atoms with Crippen LogP contribution in [0.5, 0.6) is 0 Å². The second-order valence-electron chi connectivity index (χ2n) is 6.67. The van der Waals surface area contributed by atoms with Crippen LogP contribution in [0.2, 0.25) is 0 Å². The van der Waals surface area contributed by atoms with Crippen LogP contribution in [0.1, 0.15) is 42.3 Å². The molecule has 138 valence electrons. The molecule has 0 saturated carbocycles. The zero-order valence-electron chi connectivity index (χ0n) is 14.7. The predicted molar refractivity (Wildman–Crippen MR) is 101 cm³/mol. The molecule has 0 saturated heterocycles. The minimum Gasteiger partial charge on any atom is -0.399 e. The molecule has 0 atom stereocenters. The van der Waals surface area contributed by atoms with Gasteiger partial charge < -0.3 is 10.3 Å². The summed E-state index contributed by atoms with van der Waals surface area (Å²) in [7, 11) is 0. The highest BCUT2D eigenvalue weighted by Gasteiger charge is 2.33. The second kappa shape index (κ2) is 6.61. The number of anilines is 1. The van der Waals surface area contributed by atoms with E-state index in [2.05, 4.69) is 20.9 Å². The van der Waals surface area contributed by atoms with Gasteiger partial charge in [0, 0.05) is 22.6 Å². The van der Waals surface area contributed by atoms with Gasteiger partial charge in [-0.3, -0.25) is 0 Å². The fourth-order valence-corrected chi connectivity index (χ4v) is 3.71.